The number of alkyl halides is 3. The number of fused-ring (bicyclic) bond motifs is 5. The molecule has 2 aromatic heterocycles. The van der Waals surface area contributed by atoms with Crippen LogP contribution >= 0.6 is 0 Å². The van der Waals surface area contributed by atoms with Gasteiger partial charge in [-0.15, -0.1) is 0 Å². The molecule has 4 heterocycles. The average Bonchev–Trinajstić information content (AvgIpc) is 3.27. The first-order valence-corrected chi connectivity index (χ1v) is 12.1. The fourth-order valence-electron chi connectivity index (χ4n) is 4.93. The monoisotopic (exact) mass is 565 g/mol. The van der Waals surface area contributed by atoms with Crippen LogP contribution in [0.5, 0.6) is 0 Å². The predicted molar refractivity (Wildman–Crippen MR) is 130 cm³/mol. The lowest BCUT2D eigenvalue weighted by Crippen LogP contribution is -2.48. The van der Waals surface area contributed by atoms with E-state index in [0.717, 1.165) is 11.1 Å². The number of nitrogens with two attached hydrogens (primary N) is 1. The molecule has 0 bridgehead atoms. The smallest absolute Gasteiger partial charge is 0.475 e. The molecule has 1 unspecified atom stereocenters. The molecule has 2 aliphatic rings. The minimum Gasteiger partial charge on any atom is -0.475 e. The van der Waals surface area contributed by atoms with Gasteiger partial charge in [-0.3, -0.25) is 9.59 Å². The summed E-state index contributed by atoms with van der Waals surface area (Å²) in [5.74, 6) is -4.63. The highest BCUT2D eigenvalue weighted by molar-refractivity contribution is 5.90. The minimum atomic E-state index is -5.08. The summed E-state index contributed by atoms with van der Waals surface area (Å²) in [7, 11) is 0. The van der Waals surface area contributed by atoms with Gasteiger partial charge in [-0.1, -0.05) is 13.8 Å². The van der Waals surface area contributed by atoms with Crippen molar-refractivity contribution in [2.24, 2.45) is 5.73 Å². The van der Waals surface area contributed by atoms with Gasteiger partial charge in [0, 0.05) is 16.5 Å². The van der Waals surface area contributed by atoms with Gasteiger partial charge in [-0.2, -0.15) is 13.2 Å². The lowest BCUT2D eigenvalue weighted by Gasteiger charge is -2.35. The number of carboxylic acids is 1. The van der Waals surface area contributed by atoms with Crippen LogP contribution in [-0.2, 0) is 49.0 Å². The van der Waals surface area contributed by atoms with Crippen molar-refractivity contribution in [1.82, 2.24) is 9.55 Å². The SMILES string of the molecule is CCc1c2c(nc3ccc(F)cc13)-c1cc3c(c(=O)n1C2)COC(=O)C3(CC)OC(=O)CN.O=C(O)C(F)(F)F. The molecule has 0 saturated carbocycles. The lowest BCUT2D eigenvalue weighted by molar-refractivity contribution is -0.192. The third-order valence-electron chi connectivity index (χ3n) is 6.79. The number of esters is 2. The molecule has 0 saturated heterocycles. The first-order valence-electron chi connectivity index (χ1n) is 12.1. The number of halogens is 4. The zero-order chi connectivity index (χ0) is 29.6. The zero-order valence-corrected chi connectivity index (χ0v) is 21.2. The second kappa shape index (κ2) is 10.3. The number of aromatic nitrogens is 2. The van der Waals surface area contributed by atoms with Crippen LogP contribution in [-0.4, -0.2) is 45.3 Å². The molecule has 3 N–H and O–H groups in total. The Morgan fingerprint density at radius 1 is 1.20 bits per heavy atom. The maximum atomic E-state index is 14.0. The topological polar surface area (TPSA) is 151 Å². The first-order chi connectivity index (χ1) is 18.8. The molecular formula is C26H23F4N3O7. The molecule has 0 aliphatic carbocycles. The number of rotatable bonds is 4. The first kappa shape index (κ1) is 28.7. The van der Waals surface area contributed by atoms with E-state index in [-0.39, 0.29) is 36.5 Å². The summed E-state index contributed by atoms with van der Waals surface area (Å²) >= 11 is 0. The van der Waals surface area contributed by atoms with Crippen LogP contribution in [0.3, 0.4) is 0 Å². The second-order valence-electron chi connectivity index (χ2n) is 8.98. The highest BCUT2D eigenvalue weighted by atomic mass is 19.4. The fraction of sp³-hybridized carbons (Fsp3) is 0.346. The van der Waals surface area contributed by atoms with E-state index in [0.29, 0.717) is 34.3 Å². The van der Waals surface area contributed by atoms with Gasteiger partial charge in [-0.25, -0.2) is 19.0 Å². The van der Waals surface area contributed by atoms with Gasteiger partial charge in [0.05, 0.1) is 35.6 Å². The molecule has 3 aromatic rings. The molecule has 0 spiro atoms. The molecule has 0 amide bonds. The molecule has 2 aliphatic heterocycles. The number of hydrogen-bond donors (Lipinski definition) is 2. The Balaban J connectivity index is 0.000000470. The van der Waals surface area contributed by atoms with Gasteiger partial charge >= 0.3 is 24.1 Å². The summed E-state index contributed by atoms with van der Waals surface area (Å²) in [5, 5.41) is 7.83. The summed E-state index contributed by atoms with van der Waals surface area (Å²) in [6.45, 7) is 3.29. The van der Waals surface area contributed by atoms with E-state index in [2.05, 4.69) is 0 Å². The van der Waals surface area contributed by atoms with Crippen LogP contribution in [0.4, 0.5) is 17.6 Å². The van der Waals surface area contributed by atoms with E-state index in [1.165, 1.54) is 12.1 Å². The lowest BCUT2D eigenvalue weighted by atomic mass is 9.85. The number of carbonyl (C=O) groups is 3. The highest BCUT2D eigenvalue weighted by Gasteiger charge is 2.50. The number of aryl methyl sites for hydroxylation is 1. The Labute approximate surface area is 223 Å². The summed E-state index contributed by atoms with van der Waals surface area (Å²) in [4.78, 5) is 52.1. The number of hydrogen-bond acceptors (Lipinski definition) is 8. The Kier molecular flexibility index (Phi) is 7.41. The fourth-order valence-corrected chi connectivity index (χ4v) is 4.93. The molecule has 1 aromatic carbocycles. The van der Waals surface area contributed by atoms with Crippen LogP contribution < -0.4 is 11.3 Å². The van der Waals surface area contributed by atoms with Crippen molar-refractivity contribution < 1.29 is 46.5 Å². The maximum absolute atomic E-state index is 14.0. The largest absolute Gasteiger partial charge is 0.490 e. The van der Waals surface area contributed by atoms with Gasteiger partial charge in [0.1, 0.15) is 12.4 Å². The van der Waals surface area contributed by atoms with E-state index in [1.807, 2.05) is 6.92 Å². The number of benzene rings is 1. The normalized spacial score (nSPS) is 17.2. The van der Waals surface area contributed by atoms with Gasteiger partial charge in [0.25, 0.3) is 5.56 Å². The summed E-state index contributed by atoms with van der Waals surface area (Å²) in [6.07, 6.45) is -4.38. The van der Waals surface area contributed by atoms with Crippen molar-refractivity contribution >= 4 is 28.8 Å². The summed E-state index contributed by atoms with van der Waals surface area (Å²) in [5.41, 5.74) is 7.36. The van der Waals surface area contributed by atoms with Crippen LogP contribution in [0.1, 0.15) is 42.5 Å². The molecular weight excluding hydrogens is 542 g/mol. The van der Waals surface area contributed by atoms with Gasteiger partial charge in [0.2, 0.25) is 5.60 Å². The molecule has 5 rings (SSSR count). The quantitative estimate of drug-likeness (QED) is 0.281. The van der Waals surface area contributed by atoms with E-state index < -0.39 is 36.2 Å². The van der Waals surface area contributed by atoms with Crippen molar-refractivity contribution in [3.8, 4) is 11.4 Å². The number of pyridine rings is 2. The number of aliphatic carboxylic acids is 1. The molecule has 14 heteroatoms. The number of carbonyl (C=O) groups excluding carboxylic acids is 2. The summed E-state index contributed by atoms with van der Waals surface area (Å²) < 4.78 is 58.0. The molecule has 0 fully saturated rings. The maximum Gasteiger partial charge on any atom is 0.490 e. The van der Waals surface area contributed by atoms with Crippen molar-refractivity contribution in [3.63, 3.8) is 0 Å². The molecule has 1 atom stereocenters. The standard InChI is InChI=1S/C24H22FN3O5.C2HF3O2/c1-3-13-14-7-12(25)5-6-18(14)27-21-15(13)10-28-19(21)8-17-16(22(28)30)11-32-23(31)24(17,4-2)33-20(29)9-26;3-2(4,5)1(6)7/h5-8H,3-4,9-11,26H2,1-2H3;(H,6,7). The van der Waals surface area contributed by atoms with Crippen molar-refractivity contribution in [2.75, 3.05) is 6.54 Å². The third-order valence-corrected chi connectivity index (χ3v) is 6.79. The Morgan fingerprint density at radius 3 is 2.45 bits per heavy atom. The second-order valence-corrected chi connectivity index (χ2v) is 8.98. The summed E-state index contributed by atoms with van der Waals surface area (Å²) in [6, 6.07) is 6.11. The number of nitrogens with zero attached hydrogens (tertiary/aromatic N) is 2. The van der Waals surface area contributed by atoms with Crippen LogP contribution in [0.25, 0.3) is 22.3 Å². The third kappa shape index (κ3) is 4.68. The van der Waals surface area contributed by atoms with Crippen molar-refractivity contribution in [2.45, 2.75) is 51.6 Å². The van der Waals surface area contributed by atoms with Crippen LogP contribution in [0.15, 0.2) is 29.1 Å². The van der Waals surface area contributed by atoms with E-state index in [1.54, 1.807) is 23.6 Å². The van der Waals surface area contributed by atoms with E-state index in [9.17, 15) is 31.9 Å². The number of carboxylic acid groups (broad SMARTS) is 1. The molecule has 40 heavy (non-hydrogen) atoms. The zero-order valence-electron chi connectivity index (χ0n) is 21.2. The Hall–Kier alpha value is -4.33. The van der Waals surface area contributed by atoms with Gasteiger partial charge in [0.15, 0.2) is 0 Å². The predicted octanol–water partition coefficient (Wildman–Crippen LogP) is 2.92. The average molecular weight is 565 g/mol. The minimum absolute atomic E-state index is 0.0744. The Morgan fingerprint density at radius 2 is 1.88 bits per heavy atom. The molecule has 0 radical (unpaired) electrons. The van der Waals surface area contributed by atoms with E-state index in [4.69, 9.17) is 30.1 Å². The van der Waals surface area contributed by atoms with Crippen molar-refractivity contribution in [3.05, 3.63) is 62.7 Å². The Bertz CT molecular complexity index is 1620. The molecule has 212 valence electrons. The van der Waals surface area contributed by atoms with Crippen molar-refractivity contribution in [1.29, 1.82) is 0 Å². The van der Waals surface area contributed by atoms with Gasteiger partial charge < -0.3 is 24.9 Å². The van der Waals surface area contributed by atoms with Crippen LogP contribution in [0, 0.1) is 5.82 Å². The van der Waals surface area contributed by atoms with Gasteiger partial charge in [-0.05, 0) is 42.7 Å². The van der Waals surface area contributed by atoms with Crippen LogP contribution in [0.2, 0.25) is 0 Å². The molecule has 10 nitrogen and oxygen atoms in total. The number of cyclic esters (lactones) is 1. The number of ether oxygens (including phenoxy) is 2. The highest BCUT2D eigenvalue weighted by Crippen LogP contribution is 2.42. The van der Waals surface area contributed by atoms with E-state index >= 15 is 0 Å².